The summed E-state index contributed by atoms with van der Waals surface area (Å²) in [4.78, 5) is 16.9. The van der Waals surface area contributed by atoms with Crippen LogP contribution in [-0.4, -0.2) is 39.2 Å². The molecule has 2 aromatic rings. The van der Waals surface area contributed by atoms with Gasteiger partial charge in [0, 0.05) is 5.56 Å². The fourth-order valence-corrected chi connectivity index (χ4v) is 2.05. The molecule has 6 heteroatoms. The van der Waals surface area contributed by atoms with Crippen LogP contribution in [0.1, 0.15) is 24.8 Å². The first kappa shape index (κ1) is 15.2. The molecular weight excluding hydrogens is 270 g/mol. The summed E-state index contributed by atoms with van der Waals surface area (Å²) in [6.07, 6.45) is 0.867. The minimum absolute atomic E-state index is 0.0317. The maximum absolute atomic E-state index is 10.8. The van der Waals surface area contributed by atoms with Crippen LogP contribution in [0.2, 0.25) is 0 Å². The molecule has 0 fully saturated rings. The van der Waals surface area contributed by atoms with Crippen LogP contribution in [-0.2, 0) is 11.3 Å². The first-order valence-corrected chi connectivity index (χ1v) is 6.92. The summed E-state index contributed by atoms with van der Waals surface area (Å²) in [7, 11) is 0. The lowest BCUT2D eigenvalue weighted by Gasteiger charge is -2.16. The van der Waals surface area contributed by atoms with Gasteiger partial charge >= 0.3 is 5.97 Å². The molecule has 0 aliphatic heterocycles. The summed E-state index contributed by atoms with van der Waals surface area (Å²) < 4.78 is 5.21. The average molecular weight is 289 g/mol. The summed E-state index contributed by atoms with van der Waals surface area (Å²) >= 11 is 0. The first-order chi connectivity index (χ1) is 10.1. The van der Waals surface area contributed by atoms with Crippen LogP contribution in [0.25, 0.3) is 11.4 Å². The minimum atomic E-state index is -0.860. The summed E-state index contributed by atoms with van der Waals surface area (Å²) in [6, 6.07) is 7.84. The van der Waals surface area contributed by atoms with Crippen molar-refractivity contribution in [3.8, 4) is 11.4 Å². The van der Waals surface area contributed by atoms with Crippen molar-refractivity contribution in [2.45, 2.75) is 26.8 Å². The van der Waals surface area contributed by atoms with Crippen molar-refractivity contribution in [2.24, 2.45) is 0 Å². The molecule has 0 aliphatic carbocycles. The van der Waals surface area contributed by atoms with Crippen molar-refractivity contribution >= 4 is 5.97 Å². The van der Waals surface area contributed by atoms with Gasteiger partial charge < -0.3 is 9.63 Å². The van der Waals surface area contributed by atoms with E-state index in [1.165, 1.54) is 0 Å². The Kier molecular flexibility index (Phi) is 5.05. The maximum atomic E-state index is 10.8. The monoisotopic (exact) mass is 289 g/mol. The van der Waals surface area contributed by atoms with Crippen LogP contribution in [0, 0.1) is 6.92 Å². The lowest BCUT2D eigenvalue weighted by Crippen LogP contribution is -2.30. The number of aromatic nitrogens is 2. The molecule has 0 radical (unpaired) electrons. The van der Waals surface area contributed by atoms with Gasteiger partial charge in [-0.15, -0.1) is 0 Å². The molecule has 6 nitrogen and oxygen atoms in total. The summed E-state index contributed by atoms with van der Waals surface area (Å²) in [6.45, 7) is 5.00. The SMILES string of the molecule is CCCN(CC(=O)O)Cc1nc(-c2ccc(C)cc2)no1. The number of aryl methyl sites for hydroxylation is 1. The lowest BCUT2D eigenvalue weighted by molar-refractivity contribution is -0.138. The molecular formula is C15H19N3O3. The molecule has 0 bridgehead atoms. The largest absolute Gasteiger partial charge is 0.480 e. The molecule has 0 saturated carbocycles. The van der Waals surface area contributed by atoms with Crippen molar-refractivity contribution in [3.05, 3.63) is 35.7 Å². The predicted molar refractivity (Wildman–Crippen MR) is 77.7 cm³/mol. The van der Waals surface area contributed by atoms with E-state index >= 15 is 0 Å². The number of carbonyl (C=O) groups is 1. The van der Waals surface area contributed by atoms with Gasteiger partial charge in [-0.3, -0.25) is 9.69 Å². The van der Waals surface area contributed by atoms with Crippen molar-refractivity contribution in [1.29, 1.82) is 0 Å². The van der Waals surface area contributed by atoms with E-state index in [1.807, 2.05) is 38.1 Å². The van der Waals surface area contributed by atoms with Gasteiger partial charge in [0.05, 0.1) is 13.1 Å². The van der Waals surface area contributed by atoms with Crippen LogP contribution in [0.3, 0.4) is 0 Å². The molecule has 0 saturated heterocycles. The van der Waals surface area contributed by atoms with Crippen molar-refractivity contribution in [3.63, 3.8) is 0 Å². The summed E-state index contributed by atoms with van der Waals surface area (Å²) in [5.41, 5.74) is 2.05. The van der Waals surface area contributed by atoms with Gasteiger partial charge in [-0.25, -0.2) is 0 Å². The van der Waals surface area contributed by atoms with Gasteiger partial charge in [0.2, 0.25) is 11.7 Å². The van der Waals surface area contributed by atoms with Gasteiger partial charge in [0.25, 0.3) is 0 Å². The van der Waals surface area contributed by atoms with E-state index in [2.05, 4.69) is 10.1 Å². The van der Waals surface area contributed by atoms with E-state index in [9.17, 15) is 4.79 Å². The van der Waals surface area contributed by atoms with Crippen molar-refractivity contribution < 1.29 is 14.4 Å². The van der Waals surface area contributed by atoms with E-state index in [-0.39, 0.29) is 6.54 Å². The highest BCUT2D eigenvalue weighted by atomic mass is 16.5. The molecule has 1 aromatic carbocycles. The number of carboxylic acid groups (broad SMARTS) is 1. The molecule has 0 unspecified atom stereocenters. The van der Waals surface area contributed by atoms with E-state index in [0.717, 1.165) is 17.5 Å². The number of benzene rings is 1. The van der Waals surface area contributed by atoms with Gasteiger partial charge in [0.15, 0.2) is 0 Å². The highest BCUT2D eigenvalue weighted by molar-refractivity contribution is 5.69. The molecule has 1 aromatic heterocycles. The van der Waals surface area contributed by atoms with Crippen LogP contribution >= 0.6 is 0 Å². The van der Waals surface area contributed by atoms with E-state index in [1.54, 1.807) is 4.90 Å². The number of nitrogens with zero attached hydrogens (tertiary/aromatic N) is 3. The first-order valence-electron chi connectivity index (χ1n) is 6.92. The molecule has 1 heterocycles. The number of hydrogen-bond donors (Lipinski definition) is 1. The Balaban J connectivity index is 2.07. The fourth-order valence-electron chi connectivity index (χ4n) is 2.05. The van der Waals surface area contributed by atoms with Gasteiger partial charge in [0.1, 0.15) is 0 Å². The number of rotatable bonds is 7. The zero-order valence-electron chi connectivity index (χ0n) is 12.2. The lowest BCUT2D eigenvalue weighted by atomic mass is 10.1. The molecule has 0 aliphatic rings. The second-order valence-electron chi connectivity index (χ2n) is 4.98. The molecule has 0 atom stereocenters. The van der Waals surface area contributed by atoms with Crippen LogP contribution in [0.5, 0.6) is 0 Å². The Morgan fingerprint density at radius 1 is 1.33 bits per heavy atom. The van der Waals surface area contributed by atoms with Gasteiger partial charge in [-0.1, -0.05) is 41.9 Å². The topological polar surface area (TPSA) is 79.5 Å². The van der Waals surface area contributed by atoms with E-state index in [0.29, 0.717) is 24.8 Å². The Morgan fingerprint density at radius 3 is 2.67 bits per heavy atom. The Hall–Kier alpha value is -2.21. The fraction of sp³-hybridized carbons (Fsp3) is 0.400. The van der Waals surface area contributed by atoms with E-state index < -0.39 is 5.97 Å². The smallest absolute Gasteiger partial charge is 0.317 e. The van der Waals surface area contributed by atoms with Crippen LogP contribution in [0.4, 0.5) is 0 Å². The Morgan fingerprint density at radius 2 is 2.05 bits per heavy atom. The van der Waals surface area contributed by atoms with E-state index in [4.69, 9.17) is 9.63 Å². The second kappa shape index (κ2) is 6.99. The summed E-state index contributed by atoms with van der Waals surface area (Å²) in [5.74, 6) is 0.0961. The molecule has 21 heavy (non-hydrogen) atoms. The second-order valence-corrected chi connectivity index (χ2v) is 4.98. The van der Waals surface area contributed by atoms with Crippen LogP contribution < -0.4 is 0 Å². The maximum Gasteiger partial charge on any atom is 0.317 e. The zero-order valence-corrected chi connectivity index (χ0v) is 12.2. The zero-order chi connectivity index (χ0) is 15.2. The standard InChI is InChI=1S/C15H19N3O3/c1-3-8-18(10-14(19)20)9-13-16-15(17-21-13)12-6-4-11(2)5-7-12/h4-7H,3,8-10H2,1-2H3,(H,19,20). The van der Waals surface area contributed by atoms with Crippen LogP contribution in [0.15, 0.2) is 28.8 Å². The predicted octanol–water partition coefficient (Wildman–Crippen LogP) is 2.34. The van der Waals surface area contributed by atoms with Crippen molar-refractivity contribution in [2.75, 3.05) is 13.1 Å². The quantitative estimate of drug-likeness (QED) is 0.842. The van der Waals surface area contributed by atoms with Crippen molar-refractivity contribution in [1.82, 2.24) is 15.0 Å². The summed E-state index contributed by atoms with van der Waals surface area (Å²) in [5, 5.41) is 12.8. The molecule has 1 N–H and O–H groups in total. The highest BCUT2D eigenvalue weighted by Crippen LogP contribution is 2.17. The third-order valence-electron chi connectivity index (χ3n) is 3.04. The third kappa shape index (κ3) is 4.39. The van der Waals surface area contributed by atoms with Gasteiger partial charge in [-0.05, 0) is 19.9 Å². The molecule has 0 amide bonds. The average Bonchev–Trinajstić information content (AvgIpc) is 2.87. The number of hydrogen-bond acceptors (Lipinski definition) is 5. The Labute approximate surface area is 123 Å². The highest BCUT2D eigenvalue weighted by Gasteiger charge is 2.14. The normalized spacial score (nSPS) is 11.0. The molecule has 2 rings (SSSR count). The number of carboxylic acids is 1. The van der Waals surface area contributed by atoms with Gasteiger partial charge in [-0.2, -0.15) is 4.98 Å². The minimum Gasteiger partial charge on any atom is -0.480 e. The molecule has 0 spiro atoms. The number of aliphatic carboxylic acids is 1. The Bertz CT molecular complexity index is 592. The molecule has 112 valence electrons. The third-order valence-corrected chi connectivity index (χ3v) is 3.04.